The van der Waals surface area contributed by atoms with E-state index in [1.54, 1.807) is 4.90 Å². The molecule has 4 amide bonds. The molecule has 0 bridgehead atoms. The summed E-state index contributed by atoms with van der Waals surface area (Å²) in [5, 5.41) is 0. The first-order valence-corrected chi connectivity index (χ1v) is 12.1. The lowest BCUT2D eigenvalue weighted by Gasteiger charge is -2.29. The Labute approximate surface area is 185 Å². The third-order valence-corrected chi connectivity index (χ3v) is 7.07. The minimum atomic E-state index is -0.354. The van der Waals surface area contributed by atoms with Crippen molar-refractivity contribution in [3.05, 3.63) is 35.9 Å². The van der Waals surface area contributed by atoms with Gasteiger partial charge in [0.15, 0.2) is 0 Å². The summed E-state index contributed by atoms with van der Waals surface area (Å²) in [6.45, 7) is 2.05. The number of carbonyl (C=O) groups is 3. The first kappa shape index (κ1) is 21.8. The van der Waals surface area contributed by atoms with Gasteiger partial charge in [0, 0.05) is 32.1 Å². The molecule has 3 aliphatic rings. The van der Waals surface area contributed by atoms with Crippen molar-refractivity contribution in [3.8, 4) is 0 Å². The van der Waals surface area contributed by atoms with Gasteiger partial charge in [-0.15, -0.1) is 0 Å². The van der Waals surface area contributed by atoms with Gasteiger partial charge < -0.3 is 9.80 Å². The number of benzene rings is 1. The second kappa shape index (κ2) is 10.3. The molecule has 0 spiro atoms. The summed E-state index contributed by atoms with van der Waals surface area (Å²) in [4.78, 5) is 43.8. The lowest BCUT2D eigenvalue weighted by Crippen LogP contribution is -2.42. The molecular weight excluding hydrogens is 390 g/mol. The first-order valence-electron chi connectivity index (χ1n) is 12.1. The molecule has 2 aliphatic heterocycles. The van der Waals surface area contributed by atoms with E-state index in [1.165, 1.54) is 12.0 Å². The van der Waals surface area contributed by atoms with E-state index < -0.39 is 0 Å². The summed E-state index contributed by atoms with van der Waals surface area (Å²) < 4.78 is 0. The Bertz CT molecular complexity index is 775. The van der Waals surface area contributed by atoms with Crippen LogP contribution in [-0.2, 0) is 16.0 Å². The average Bonchev–Trinajstić information content (AvgIpc) is 3.30. The van der Waals surface area contributed by atoms with Crippen LogP contribution in [0.3, 0.4) is 0 Å². The van der Waals surface area contributed by atoms with Crippen LogP contribution in [0.1, 0.15) is 69.8 Å². The summed E-state index contributed by atoms with van der Waals surface area (Å²) in [6.07, 6.45) is 10.1. The number of hydrogen-bond donors (Lipinski definition) is 0. The summed E-state index contributed by atoms with van der Waals surface area (Å²) in [6, 6.07) is 9.92. The van der Waals surface area contributed by atoms with Gasteiger partial charge in [-0.2, -0.15) is 0 Å². The lowest BCUT2D eigenvalue weighted by molar-refractivity contribution is -0.130. The van der Waals surface area contributed by atoms with Gasteiger partial charge in [-0.3, -0.25) is 14.5 Å². The van der Waals surface area contributed by atoms with Crippen LogP contribution in [0, 0.1) is 0 Å². The largest absolute Gasteiger partial charge is 0.343 e. The number of nitrogens with zero attached hydrogens (tertiary/aromatic N) is 3. The molecule has 4 rings (SSSR count). The van der Waals surface area contributed by atoms with E-state index in [0.29, 0.717) is 25.9 Å². The van der Waals surface area contributed by atoms with Crippen molar-refractivity contribution in [2.24, 2.45) is 0 Å². The van der Waals surface area contributed by atoms with Crippen LogP contribution < -0.4 is 0 Å². The number of imide groups is 1. The van der Waals surface area contributed by atoms with Crippen LogP contribution in [0.25, 0.3) is 0 Å². The molecule has 1 aromatic carbocycles. The maximum atomic E-state index is 13.3. The van der Waals surface area contributed by atoms with Crippen molar-refractivity contribution >= 4 is 17.8 Å². The highest BCUT2D eigenvalue weighted by Crippen LogP contribution is 2.30. The van der Waals surface area contributed by atoms with Gasteiger partial charge >= 0.3 is 6.03 Å². The Balaban J connectivity index is 1.39. The molecule has 0 N–H and O–H groups in total. The van der Waals surface area contributed by atoms with E-state index >= 15 is 0 Å². The van der Waals surface area contributed by atoms with Crippen LogP contribution >= 0.6 is 0 Å². The molecule has 0 aromatic heterocycles. The predicted molar refractivity (Wildman–Crippen MR) is 119 cm³/mol. The monoisotopic (exact) mass is 425 g/mol. The molecule has 6 nitrogen and oxygen atoms in total. The molecular formula is C25H35N3O3. The number of amides is 4. The molecule has 2 saturated heterocycles. The van der Waals surface area contributed by atoms with Gasteiger partial charge in [0.25, 0.3) is 5.91 Å². The molecule has 31 heavy (non-hydrogen) atoms. The molecule has 168 valence electrons. The SMILES string of the molecule is O=C1CCCN1CCCN1C(=O)N(C2CCCCC2)C(=O)C1CCCc1ccccc1. The van der Waals surface area contributed by atoms with Gasteiger partial charge in [-0.1, -0.05) is 49.6 Å². The fourth-order valence-electron chi connectivity index (χ4n) is 5.38. The van der Waals surface area contributed by atoms with Crippen LogP contribution in [0.5, 0.6) is 0 Å². The highest BCUT2D eigenvalue weighted by atomic mass is 16.2. The standard InChI is InChI=1S/C25H35N3O3/c29-23-16-8-17-26(23)18-9-19-27-22(15-7-12-20-10-3-1-4-11-20)24(30)28(25(27)31)21-13-5-2-6-14-21/h1,3-4,10-11,21-22H,2,5-9,12-19H2. The van der Waals surface area contributed by atoms with Crippen LogP contribution in [0.4, 0.5) is 4.79 Å². The van der Waals surface area contributed by atoms with Gasteiger partial charge in [0.2, 0.25) is 5.91 Å². The third-order valence-electron chi connectivity index (χ3n) is 7.07. The van der Waals surface area contributed by atoms with Crippen LogP contribution in [-0.4, -0.2) is 64.3 Å². The van der Waals surface area contributed by atoms with Gasteiger partial charge in [0.05, 0.1) is 0 Å². The minimum Gasteiger partial charge on any atom is -0.343 e. The molecule has 1 atom stereocenters. The topological polar surface area (TPSA) is 60.9 Å². The number of urea groups is 1. The first-order chi connectivity index (χ1) is 15.1. The maximum absolute atomic E-state index is 13.3. The average molecular weight is 426 g/mol. The molecule has 1 aromatic rings. The Hall–Kier alpha value is -2.37. The second-order valence-corrected chi connectivity index (χ2v) is 9.21. The highest BCUT2D eigenvalue weighted by Gasteiger charge is 2.47. The van der Waals surface area contributed by atoms with E-state index in [9.17, 15) is 14.4 Å². The Morgan fingerprint density at radius 2 is 1.65 bits per heavy atom. The lowest BCUT2D eigenvalue weighted by atomic mass is 9.94. The zero-order valence-electron chi connectivity index (χ0n) is 18.5. The summed E-state index contributed by atoms with van der Waals surface area (Å²) >= 11 is 0. The van der Waals surface area contributed by atoms with Crippen molar-refractivity contribution < 1.29 is 14.4 Å². The van der Waals surface area contributed by atoms with Crippen molar-refractivity contribution in [2.75, 3.05) is 19.6 Å². The molecule has 1 saturated carbocycles. The van der Waals surface area contributed by atoms with Gasteiger partial charge in [-0.25, -0.2) is 4.79 Å². The molecule has 3 fully saturated rings. The Kier molecular flexibility index (Phi) is 7.25. The normalized spacial score (nSPS) is 22.8. The van der Waals surface area contributed by atoms with E-state index in [4.69, 9.17) is 0 Å². The quantitative estimate of drug-likeness (QED) is 0.562. The van der Waals surface area contributed by atoms with E-state index in [0.717, 1.165) is 57.9 Å². The van der Waals surface area contributed by atoms with Gasteiger partial charge in [0.1, 0.15) is 6.04 Å². The molecule has 1 aliphatic carbocycles. The van der Waals surface area contributed by atoms with Crippen molar-refractivity contribution in [2.45, 2.75) is 82.7 Å². The summed E-state index contributed by atoms with van der Waals surface area (Å²) in [5.74, 6) is 0.217. The Morgan fingerprint density at radius 1 is 0.871 bits per heavy atom. The number of hydrogen-bond acceptors (Lipinski definition) is 3. The molecule has 1 unspecified atom stereocenters. The van der Waals surface area contributed by atoms with Crippen molar-refractivity contribution in [1.29, 1.82) is 0 Å². The van der Waals surface area contributed by atoms with Crippen molar-refractivity contribution in [1.82, 2.24) is 14.7 Å². The number of carbonyl (C=O) groups excluding carboxylic acids is 3. The molecule has 0 radical (unpaired) electrons. The molecule has 6 heteroatoms. The zero-order chi connectivity index (χ0) is 21.6. The Morgan fingerprint density at radius 3 is 2.35 bits per heavy atom. The summed E-state index contributed by atoms with van der Waals surface area (Å²) in [5.41, 5.74) is 1.27. The third kappa shape index (κ3) is 5.10. The second-order valence-electron chi connectivity index (χ2n) is 9.21. The van der Waals surface area contributed by atoms with E-state index in [-0.39, 0.29) is 29.9 Å². The van der Waals surface area contributed by atoms with Crippen LogP contribution in [0.2, 0.25) is 0 Å². The summed E-state index contributed by atoms with van der Waals surface area (Å²) in [7, 11) is 0. The molecule has 2 heterocycles. The predicted octanol–water partition coefficient (Wildman–Crippen LogP) is 3.99. The fourth-order valence-corrected chi connectivity index (χ4v) is 5.38. The highest BCUT2D eigenvalue weighted by molar-refractivity contribution is 6.04. The smallest absolute Gasteiger partial charge is 0.327 e. The van der Waals surface area contributed by atoms with E-state index in [1.807, 2.05) is 28.0 Å². The number of likely N-dealkylation sites (tertiary alicyclic amines) is 1. The maximum Gasteiger partial charge on any atom is 0.327 e. The van der Waals surface area contributed by atoms with Crippen LogP contribution in [0.15, 0.2) is 30.3 Å². The van der Waals surface area contributed by atoms with E-state index in [2.05, 4.69) is 12.1 Å². The van der Waals surface area contributed by atoms with Gasteiger partial charge in [-0.05, 0) is 50.5 Å². The number of rotatable bonds is 9. The zero-order valence-corrected chi connectivity index (χ0v) is 18.5. The number of aryl methyl sites for hydroxylation is 1. The minimum absolute atomic E-state index is 0.00205. The van der Waals surface area contributed by atoms with Crippen molar-refractivity contribution in [3.63, 3.8) is 0 Å². The fraction of sp³-hybridized carbons (Fsp3) is 0.640.